The van der Waals surface area contributed by atoms with Crippen molar-refractivity contribution in [3.8, 4) is 0 Å². The first kappa shape index (κ1) is 10.4. The van der Waals surface area contributed by atoms with Crippen molar-refractivity contribution in [3.05, 3.63) is 0 Å². The Morgan fingerprint density at radius 2 is 2.00 bits per heavy atom. The number of nitrogens with zero attached hydrogens (tertiary/aromatic N) is 1. The molecule has 3 nitrogen and oxygen atoms in total. The number of aliphatic hydroxyl groups is 1. The number of aliphatic hydroxyl groups excluding tert-OH is 1. The van der Waals surface area contributed by atoms with Gasteiger partial charge in [-0.15, -0.1) is 0 Å². The summed E-state index contributed by atoms with van der Waals surface area (Å²) >= 11 is 0. The highest BCUT2D eigenvalue weighted by atomic mass is 16.5. The topological polar surface area (TPSA) is 32.7 Å². The Labute approximate surface area is 86.0 Å². The third kappa shape index (κ3) is 2.69. The van der Waals surface area contributed by atoms with E-state index >= 15 is 0 Å². The molecule has 0 aromatic heterocycles. The van der Waals surface area contributed by atoms with Gasteiger partial charge in [-0.25, -0.2) is 0 Å². The Kier molecular flexibility index (Phi) is 3.79. The molecule has 0 unspecified atom stereocenters. The lowest BCUT2D eigenvalue weighted by Gasteiger charge is -2.32. The van der Waals surface area contributed by atoms with E-state index in [1.807, 2.05) is 0 Å². The smallest absolute Gasteiger partial charge is 0.0702 e. The lowest BCUT2D eigenvalue weighted by molar-refractivity contribution is 0.0533. The summed E-state index contributed by atoms with van der Waals surface area (Å²) in [6.45, 7) is 4.72. The average molecular weight is 199 g/mol. The molecule has 0 bridgehead atoms. The second-order valence-electron chi connectivity index (χ2n) is 4.56. The fraction of sp³-hybridized carbons (Fsp3) is 1.00. The zero-order valence-electron chi connectivity index (χ0n) is 8.82. The zero-order valence-corrected chi connectivity index (χ0v) is 8.82. The quantitative estimate of drug-likeness (QED) is 0.732. The summed E-state index contributed by atoms with van der Waals surface area (Å²) in [5.74, 6) is 0.552. The Bertz CT molecular complexity index is 161. The number of hydrogen-bond donors (Lipinski definition) is 1. The van der Waals surface area contributed by atoms with Gasteiger partial charge in [0, 0.05) is 19.8 Å². The third-order valence-corrected chi connectivity index (χ3v) is 3.45. The molecule has 1 atom stereocenters. The highest BCUT2D eigenvalue weighted by Gasteiger charge is 2.23. The summed E-state index contributed by atoms with van der Waals surface area (Å²) < 4.78 is 5.62. The average Bonchev–Trinajstić information content (AvgIpc) is 2.72. The van der Waals surface area contributed by atoms with Crippen LogP contribution in [0.25, 0.3) is 0 Å². The van der Waals surface area contributed by atoms with Crippen molar-refractivity contribution in [2.24, 2.45) is 5.92 Å². The third-order valence-electron chi connectivity index (χ3n) is 3.45. The molecule has 2 aliphatic heterocycles. The lowest BCUT2D eigenvalue weighted by Crippen LogP contribution is -2.39. The summed E-state index contributed by atoms with van der Waals surface area (Å²) in [6.07, 6.45) is 5.27. The Morgan fingerprint density at radius 3 is 2.57 bits per heavy atom. The summed E-state index contributed by atoms with van der Waals surface area (Å²) in [4.78, 5) is 2.49. The maximum Gasteiger partial charge on any atom is 0.0702 e. The summed E-state index contributed by atoms with van der Waals surface area (Å²) in [5, 5.41) is 9.02. The number of ether oxygens (including phenoxy) is 1. The van der Waals surface area contributed by atoms with Crippen LogP contribution in [-0.2, 0) is 4.74 Å². The largest absolute Gasteiger partial charge is 0.396 e. The van der Waals surface area contributed by atoms with Crippen LogP contribution in [-0.4, -0.2) is 49.0 Å². The highest BCUT2D eigenvalue weighted by molar-refractivity contribution is 4.76. The lowest BCUT2D eigenvalue weighted by atomic mass is 9.97. The van der Waals surface area contributed by atoms with Crippen molar-refractivity contribution >= 4 is 0 Å². The molecule has 0 aromatic rings. The van der Waals surface area contributed by atoms with Crippen LogP contribution in [0.5, 0.6) is 0 Å². The highest BCUT2D eigenvalue weighted by Crippen LogP contribution is 2.19. The first-order chi connectivity index (χ1) is 6.88. The van der Waals surface area contributed by atoms with Gasteiger partial charge < -0.3 is 14.7 Å². The standard InChI is InChI=1S/C11H21NO2/c13-9-10-3-5-12(6-4-10)8-11-2-1-7-14-11/h10-11,13H,1-9H2/t11-/m0/s1. The summed E-state index contributed by atoms with van der Waals surface area (Å²) in [5.41, 5.74) is 0. The zero-order chi connectivity index (χ0) is 9.80. The molecule has 0 aliphatic carbocycles. The van der Waals surface area contributed by atoms with Gasteiger partial charge in [0.05, 0.1) is 6.10 Å². The van der Waals surface area contributed by atoms with Crippen LogP contribution in [0.4, 0.5) is 0 Å². The van der Waals surface area contributed by atoms with Crippen molar-refractivity contribution < 1.29 is 9.84 Å². The fourth-order valence-electron chi connectivity index (χ4n) is 2.43. The maximum atomic E-state index is 9.02. The first-order valence-electron chi connectivity index (χ1n) is 5.83. The molecule has 2 saturated heterocycles. The molecule has 2 fully saturated rings. The van der Waals surface area contributed by atoms with Gasteiger partial charge in [-0.05, 0) is 44.7 Å². The SMILES string of the molecule is OCC1CCN(C[C@@H]2CCCO2)CC1. The molecule has 2 rings (SSSR count). The molecule has 0 aromatic carbocycles. The monoisotopic (exact) mass is 199 g/mol. The van der Waals surface area contributed by atoms with Crippen LogP contribution in [0.1, 0.15) is 25.7 Å². The molecular formula is C11H21NO2. The van der Waals surface area contributed by atoms with Crippen molar-refractivity contribution in [1.82, 2.24) is 4.90 Å². The predicted octanol–water partition coefficient (Wildman–Crippen LogP) is 0.870. The van der Waals surface area contributed by atoms with E-state index in [-0.39, 0.29) is 0 Å². The van der Waals surface area contributed by atoms with Gasteiger partial charge in [0.25, 0.3) is 0 Å². The molecule has 3 heteroatoms. The van der Waals surface area contributed by atoms with E-state index in [1.54, 1.807) is 0 Å². The molecule has 0 amide bonds. The van der Waals surface area contributed by atoms with Crippen molar-refractivity contribution in [1.29, 1.82) is 0 Å². The molecule has 0 radical (unpaired) electrons. The second kappa shape index (κ2) is 5.10. The fourth-order valence-corrected chi connectivity index (χ4v) is 2.43. The van der Waals surface area contributed by atoms with Crippen LogP contribution in [0, 0.1) is 5.92 Å². The van der Waals surface area contributed by atoms with E-state index in [9.17, 15) is 0 Å². The van der Waals surface area contributed by atoms with Crippen LogP contribution >= 0.6 is 0 Å². The molecule has 82 valence electrons. The van der Waals surface area contributed by atoms with Gasteiger partial charge in [0.2, 0.25) is 0 Å². The van der Waals surface area contributed by atoms with Crippen molar-refractivity contribution in [3.63, 3.8) is 0 Å². The summed E-state index contributed by atoms with van der Waals surface area (Å²) in [7, 11) is 0. The second-order valence-corrected chi connectivity index (χ2v) is 4.56. The van der Waals surface area contributed by atoms with E-state index in [4.69, 9.17) is 9.84 Å². The molecule has 0 saturated carbocycles. The molecule has 2 heterocycles. The normalized spacial score (nSPS) is 31.1. The van der Waals surface area contributed by atoms with Crippen LogP contribution in [0.3, 0.4) is 0 Å². The Balaban J connectivity index is 1.67. The van der Waals surface area contributed by atoms with Crippen LogP contribution in [0.15, 0.2) is 0 Å². The van der Waals surface area contributed by atoms with Crippen molar-refractivity contribution in [2.75, 3.05) is 32.8 Å². The van der Waals surface area contributed by atoms with Gasteiger partial charge >= 0.3 is 0 Å². The van der Waals surface area contributed by atoms with E-state index in [0.29, 0.717) is 18.6 Å². The minimum Gasteiger partial charge on any atom is -0.396 e. The predicted molar refractivity (Wildman–Crippen MR) is 55.2 cm³/mol. The van der Waals surface area contributed by atoms with Crippen LogP contribution in [0.2, 0.25) is 0 Å². The molecule has 2 aliphatic rings. The molecule has 0 spiro atoms. The van der Waals surface area contributed by atoms with E-state index < -0.39 is 0 Å². The van der Waals surface area contributed by atoms with Crippen LogP contribution < -0.4 is 0 Å². The number of hydrogen-bond acceptors (Lipinski definition) is 3. The Morgan fingerprint density at radius 1 is 1.21 bits per heavy atom. The maximum absolute atomic E-state index is 9.02. The number of likely N-dealkylation sites (tertiary alicyclic amines) is 1. The van der Waals surface area contributed by atoms with E-state index in [1.165, 1.54) is 12.8 Å². The van der Waals surface area contributed by atoms with E-state index in [2.05, 4.69) is 4.90 Å². The van der Waals surface area contributed by atoms with Gasteiger partial charge in [0.1, 0.15) is 0 Å². The first-order valence-corrected chi connectivity index (χ1v) is 5.83. The van der Waals surface area contributed by atoms with Crippen molar-refractivity contribution in [2.45, 2.75) is 31.8 Å². The summed E-state index contributed by atoms with van der Waals surface area (Å²) in [6, 6.07) is 0. The Hall–Kier alpha value is -0.120. The van der Waals surface area contributed by atoms with Gasteiger partial charge in [-0.2, -0.15) is 0 Å². The number of rotatable bonds is 3. The minimum atomic E-state index is 0.369. The number of piperidine rings is 1. The van der Waals surface area contributed by atoms with Gasteiger partial charge in [-0.3, -0.25) is 0 Å². The van der Waals surface area contributed by atoms with Gasteiger partial charge in [-0.1, -0.05) is 0 Å². The molecular weight excluding hydrogens is 178 g/mol. The minimum absolute atomic E-state index is 0.369. The molecule has 1 N–H and O–H groups in total. The van der Waals surface area contributed by atoms with Gasteiger partial charge in [0.15, 0.2) is 0 Å². The molecule has 14 heavy (non-hydrogen) atoms. The van der Waals surface area contributed by atoms with E-state index in [0.717, 1.165) is 39.1 Å².